The van der Waals surface area contributed by atoms with Gasteiger partial charge in [-0.1, -0.05) is 0 Å². The highest BCUT2D eigenvalue weighted by molar-refractivity contribution is 5.73. The Morgan fingerprint density at radius 1 is 1.00 bits per heavy atom. The van der Waals surface area contributed by atoms with Gasteiger partial charge in [-0.25, -0.2) is 4.79 Å². The molecular weight excluding hydrogens is 377 g/mol. The predicted molar refractivity (Wildman–Crippen MR) is 85.9 cm³/mol. The molecule has 0 saturated heterocycles. The van der Waals surface area contributed by atoms with Gasteiger partial charge in [0.1, 0.15) is 6.61 Å². The second-order valence-electron chi connectivity index (χ2n) is 4.62. The van der Waals surface area contributed by atoms with E-state index in [1.54, 1.807) is 0 Å². The van der Waals surface area contributed by atoms with Gasteiger partial charge in [-0.05, 0) is 7.05 Å². The number of carbonyl (C=O) groups is 2. The molecule has 27 heavy (non-hydrogen) atoms. The van der Waals surface area contributed by atoms with Gasteiger partial charge in [-0.2, -0.15) is 18.4 Å². The summed E-state index contributed by atoms with van der Waals surface area (Å²) in [4.78, 5) is 20.0. The summed E-state index contributed by atoms with van der Waals surface area (Å²) in [5.74, 6) is -3.10. The molecular formula is C15H25F3N2O7. The fourth-order valence-corrected chi connectivity index (χ4v) is 1.15. The van der Waals surface area contributed by atoms with Crippen molar-refractivity contribution in [1.82, 2.24) is 5.32 Å². The number of hydrogen-bond donors (Lipinski definition) is 2. The molecule has 2 N–H and O–H groups in total. The molecule has 0 aliphatic rings. The van der Waals surface area contributed by atoms with Crippen LogP contribution in [0.25, 0.3) is 0 Å². The van der Waals surface area contributed by atoms with Crippen molar-refractivity contribution in [3.8, 4) is 6.07 Å². The van der Waals surface area contributed by atoms with Gasteiger partial charge in [0.2, 0.25) is 0 Å². The van der Waals surface area contributed by atoms with E-state index in [0.717, 1.165) is 6.54 Å². The van der Waals surface area contributed by atoms with Crippen molar-refractivity contribution in [2.75, 3.05) is 59.8 Å². The number of ether oxygens (including phenoxy) is 4. The quantitative estimate of drug-likeness (QED) is 0.319. The number of likely N-dealkylation sites (N-methyl/N-ethyl adjacent to an activating group) is 1. The molecule has 0 rings (SSSR count). The van der Waals surface area contributed by atoms with Crippen LogP contribution >= 0.6 is 0 Å². The van der Waals surface area contributed by atoms with Crippen LogP contribution < -0.4 is 5.32 Å². The maximum Gasteiger partial charge on any atom is 0.490 e. The van der Waals surface area contributed by atoms with E-state index in [0.29, 0.717) is 39.6 Å². The summed E-state index contributed by atoms with van der Waals surface area (Å²) < 4.78 is 52.3. The first-order valence-electron chi connectivity index (χ1n) is 7.96. The van der Waals surface area contributed by atoms with Crippen LogP contribution in [0.5, 0.6) is 0 Å². The van der Waals surface area contributed by atoms with Gasteiger partial charge in [0, 0.05) is 6.54 Å². The third-order valence-corrected chi connectivity index (χ3v) is 2.41. The maximum atomic E-state index is 11.1. The van der Waals surface area contributed by atoms with Gasteiger partial charge in [0.25, 0.3) is 0 Å². The van der Waals surface area contributed by atoms with Crippen LogP contribution in [0.15, 0.2) is 0 Å². The van der Waals surface area contributed by atoms with Crippen molar-refractivity contribution in [2.45, 2.75) is 19.0 Å². The lowest BCUT2D eigenvalue weighted by molar-refractivity contribution is -0.192. The van der Waals surface area contributed by atoms with Gasteiger partial charge >= 0.3 is 18.1 Å². The SMILES string of the molecule is CNCCOCCOCCOCCC(=O)OCCC#N.O=C(O)C(F)(F)F. The molecule has 0 unspecified atom stereocenters. The Morgan fingerprint density at radius 2 is 1.48 bits per heavy atom. The maximum absolute atomic E-state index is 11.1. The Balaban J connectivity index is 0. The minimum absolute atomic E-state index is 0.145. The molecule has 0 aliphatic carbocycles. The number of nitriles is 1. The number of carboxylic acid groups (broad SMARTS) is 1. The predicted octanol–water partition coefficient (Wildman–Crippen LogP) is 0.736. The third-order valence-electron chi connectivity index (χ3n) is 2.41. The van der Waals surface area contributed by atoms with Gasteiger partial charge in [-0.15, -0.1) is 0 Å². The normalized spacial score (nSPS) is 10.5. The smallest absolute Gasteiger partial charge is 0.475 e. The first-order valence-corrected chi connectivity index (χ1v) is 7.96. The number of carbonyl (C=O) groups excluding carboxylic acids is 1. The second kappa shape index (κ2) is 18.8. The Bertz CT molecular complexity index is 429. The Labute approximate surface area is 155 Å². The summed E-state index contributed by atoms with van der Waals surface area (Å²) in [5.41, 5.74) is 0. The van der Waals surface area contributed by atoms with Crippen LogP contribution in [0, 0.1) is 11.3 Å². The summed E-state index contributed by atoms with van der Waals surface area (Å²) in [6, 6.07) is 1.90. The lowest BCUT2D eigenvalue weighted by atomic mass is 10.4. The molecule has 0 fully saturated rings. The van der Waals surface area contributed by atoms with Gasteiger partial charge in [0.15, 0.2) is 0 Å². The van der Waals surface area contributed by atoms with Crippen LogP contribution in [0.1, 0.15) is 12.8 Å². The number of esters is 1. The number of nitrogens with one attached hydrogen (secondary N) is 1. The summed E-state index contributed by atoms with van der Waals surface area (Å²) in [5, 5.41) is 18.4. The zero-order valence-corrected chi connectivity index (χ0v) is 15.0. The zero-order chi connectivity index (χ0) is 21.0. The molecule has 9 nitrogen and oxygen atoms in total. The number of halogens is 3. The van der Waals surface area contributed by atoms with Gasteiger partial charge in [-0.3, -0.25) is 4.79 Å². The van der Waals surface area contributed by atoms with Crippen molar-refractivity contribution < 1.29 is 46.8 Å². The van der Waals surface area contributed by atoms with Crippen molar-refractivity contribution in [3.63, 3.8) is 0 Å². The summed E-state index contributed by atoms with van der Waals surface area (Å²) >= 11 is 0. The molecule has 0 aromatic carbocycles. The standard InChI is InChI=1S/C13H24N2O5.C2HF3O2/c1-15-5-8-18-10-12-19-11-9-17-7-3-13(16)20-6-2-4-14;3-2(4,5)1(6)7/h15H,2-3,5-12H2,1H3;(H,6,7). The topological polar surface area (TPSA) is 127 Å². The van der Waals surface area contributed by atoms with Crippen LogP contribution in [0.3, 0.4) is 0 Å². The van der Waals surface area contributed by atoms with E-state index in [-0.39, 0.29) is 25.4 Å². The van der Waals surface area contributed by atoms with Crippen molar-refractivity contribution in [3.05, 3.63) is 0 Å². The second-order valence-corrected chi connectivity index (χ2v) is 4.62. The fourth-order valence-electron chi connectivity index (χ4n) is 1.15. The first-order chi connectivity index (χ1) is 12.8. The van der Waals surface area contributed by atoms with E-state index in [2.05, 4.69) is 5.32 Å². The monoisotopic (exact) mass is 402 g/mol. The number of rotatable bonds is 14. The molecule has 0 heterocycles. The lowest BCUT2D eigenvalue weighted by Gasteiger charge is -2.06. The van der Waals surface area contributed by atoms with Gasteiger partial charge < -0.3 is 29.4 Å². The Morgan fingerprint density at radius 3 is 1.93 bits per heavy atom. The van der Waals surface area contributed by atoms with Crippen molar-refractivity contribution in [2.24, 2.45) is 0 Å². The molecule has 0 amide bonds. The van der Waals surface area contributed by atoms with Crippen molar-refractivity contribution >= 4 is 11.9 Å². The first kappa shape index (κ1) is 27.3. The van der Waals surface area contributed by atoms with Crippen LogP contribution in [0.4, 0.5) is 13.2 Å². The molecule has 0 atom stereocenters. The Kier molecular flexibility index (Phi) is 19.0. The summed E-state index contributed by atoms with van der Waals surface area (Å²) in [6.07, 6.45) is -4.67. The number of carboxylic acids is 1. The van der Waals surface area contributed by atoms with Crippen LogP contribution in [-0.2, 0) is 28.5 Å². The van der Waals surface area contributed by atoms with Crippen LogP contribution in [-0.4, -0.2) is 83.1 Å². The fraction of sp³-hybridized carbons (Fsp3) is 0.800. The van der Waals surface area contributed by atoms with Crippen LogP contribution in [0.2, 0.25) is 0 Å². The molecule has 0 aromatic rings. The largest absolute Gasteiger partial charge is 0.490 e. The molecule has 0 aromatic heterocycles. The van der Waals surface area contributed by atoms with E-state index in [1.807, 2.05) is 13.1 Å². The molecule has 0 aliphatic heterocycles. The molecule has 0 bridgehead atoms. The van der Waals surface area contributed by atoms with E-state index < -0.39 is 12.1 Å². The number of hydrogen-bond acceptors (Lipinski definition) is 8. The highest BCUT2D eigenvalue weighted by atomic mass is 19.4. The minimum Gasteiger partial charge on any atom is -0.475 e. The summed E-state index contributed by atoms with van der Waals surface area (Å²) in [7, 11) is 1.87. The molecule has 0 saturated carbocycles. The average molecular weight is 402 g/mol. The lowest BCUT2D eigenvalue weighted by Crippen LogP contribution is -2.21. The van der Waals surface area contributed by atoms with E-state index in [1.165, 1.54) is 0 Å². The third kappa shape index (κ3) is 24.1. The number of nitrogens with zero attached hydrogens (tertiary/aromatic N) is 1. The van der Waals surface area contributed by atoms with Crippen molar-refractivity contribution in [1.29, 1.82) is 5.26 Å². The molecule has 0 spiro atoms. The average Bonchev–Trinajstić information content (AvgIpc) is 2.59. The molecule has 12 heteroatoms. The van der Waals surface area contributed by atoms with E-state index in [4.69, 9.17) is 34.1 Å². The zero-order valence-electron chi connectivity index (χ0n) is 15.0. The molecule has 158 valence electrons. The molecule has 0 radical (unpaired) electrons. The number of alkyl halides is 3. The van der Waals surface area contributed by atoms with E-state index in [9.17, 15) is 18.0 Å². The summed E-state index contributed by atoms with van der Waals surface area (Å²) in [6.45, 7) is 3.94. The Hall–Kier alpha value is -1.94. The number of aliphatic carboxylic acids is 1. The minimum atomic E-state index is -5.08. The highest BCUT2D eigenvalue weighted by Gasteiger charge is 2.38. The van der Waals surface area contributed by atoms with Gasteiger partial charge in [0.05, 0.1) is 58.6 Å². The highest BCUT2D eigenvalue weighted by Crippen LogP contribution is 2.13. The van der Waals surface area contributed by atoms with E-state index >= 15 is 0 Å².